The van der Waals surface area contributed by atoms with Gasteiger partial charge in [-0.1, -0.05) is 38.5 Å². The Morgan fingerprint density at radius 1 is 0.733 bits per heavy atom. The van der Waals surface area contributed by atoms with Crippen LogP contribution in [0.25, 0.3) is 0 Å². The normalized spacial score (nSPS) is 32.8. The minimum absolute atomic E-state index is 0.776. The van der Waals surface area contributed by atoms with Gasteiger partial charge in [-0.05, 0) is 55.8 Å². The Morgan fingerprint density at radius 2 is 1.40 bits per heavy atom. The van der Waals surface area contributed by atoms with Gasteiger partial charge in [0.1, 0.15) is 0 Å². The Hall–Kier alpha value is 0. The van der Waals surface area contributed by atoms with E-state index < -0.39 is 0 Å². The predicted octanol–water partition coefficient (Wildman–Crippen LogP) is 4.89. The van der Waals surface area contributed by atoms with Gasteiger partial charge in [0.05, 0.1) is 0 Å². The zero-order valence-electron chi connectivity index (χ0n) is 10.1. The van der Waals surface area contributed by atoms with Crippen LogP contribution in [0.5, 0.6) is 0 Å². The van der Waals surface area contributed by atoms with Crippen LogP contribution in [-0.4, -0.2) is 0 Å². The average molecular weight is 205 g/mol. The summed E-state index contributed by atoms with van der Waals surface area (Å²) in [5, 5.41) is 0. The fourth-order valence-electron chi connectivity index (χ4n) is 4.49. The summed E-state index contributed by atoms with van der Waals surface area (Å²) in [6, 6.07) is 0. The lowest BCUT2D eigenvalue weighted by Gasteiger charge is -2.49. The van der Waals surface area contributed by atoms with E-state index in [2.05, 4.69) is 0 Å². The second-order valence-electron chi connectivity index (χ2n) is 6.16. The summed E-state index contributed by atoms with van der Waals surface area (Å²) in [7, 11) is 0. The molecule has 3 aliphatic rings. The van der Waals surface area contributed by atoms with Gasteiger partial charge >= 0.3 is 0 Å². The van der Waals surface area contributed by atoms with Gasteiger partial charge in [0.2, 0.25) is 0 Å². The molecule has 0 spiro atoms. The first kappa shape index (κ1) is 10.2. The molecule has 3 fully saturated rings. The van der Waals surface area contributed by atoms with E-state index in [0.717, 1.165) is 11.3 Å². The van der Waals surface area contributed by atoms with Crippen molar-refractivity contribution < 1.29 is 0 Å². The van der Waals surface area contributed by atoms with Crippen LogP contribution in [0.2, 0.25) is 0 Å². The molecule has 85 valence electrons. The minimum Gasteiger partial charge on any atom is -0.0533 e. The molecule has 0 nitrogen and oxygen atoms in total. The van der Waals surface area contributed by atoms with E-state index in [4.69, 9.17) is 0 Å². The first-order valence-corrected chi connectivity index (χ1v) is 7.27. The molecule has 0 heterocycles. The van der Waals surface area contributed by atoms with Crippen molar-refractivity contribution in [3.63, 3.8) is 0 Å². The third-order valence-electron chi connectivity index (χ3n) is 5.54. The highest BCUT2D eigenvalue weighted by atomic mass is 14.5. The third kappa shape index (κ3) is 1.65. The molecule has 3 saturated carbocycles. The topological polar surface area (TPSA) is 0 Å². The molecule has 0 aliphatic heterocycles. The Labute approximate surface area is 94.8 Å². The third-order valence-corrected chi connectivity index (χ3v) is 5.54. The first-order valence-electron chi connectivity index (χ1n) is 7.27. The summed E-state index contributed by atoms with van der Waals surface area (Å²) in [6.07, 6.45) is 18.3. The van der Waals surface area contributed by atoms with E-state index in [1.54, 1.807) is 25.7 Å². The van der Waals surface area contributed by atoms with Crippen LogP contribution in [0.15, 0.2) is 0 Å². The van der Waals surface area contributed by atoms with Crippen molar-refractivity contribution >= 4 is 0 Å². The van der Waals surface area contributed by atoms with Crippen LogP contribution in [0, 0.1) is 17.3 Å². The fraction of sp³-hybridized carbons (Fsp3) is 0.933. The maximum absolute atomic E-state index is 2.02. The summed E-state index contributed by atoms with van der Waals surface area (Å²) >= 11 is 0. The molecule has 0 amide bonds. The molecule has 3 aliphatic carbocycles. The van der Waals surface area contributed by atoms with Crippen molar-refractivity contribution in [1.29, 1.82) is 0 Å². The lowest BCUT2D eigenvalue weighted by molar-refractivity contribution is 0.0865. The highest BCUT2D eigenvalue weighted by Gasteiger charge is 2.48. The summed E-state index contributed by atoms with van der Waals surface area (Å²) in [5.74, 6) is 3.14. The van der Waals surface area contributed by atoms with E-state index in [1.807, 2.05) is 5.92 Å². The van der Waals surface area contributed by atoms with Gasteiger partial charge in [-0.3, -0.25) is 0 Å². The molecule has 0 saturated heterocycles. The largest absolute Gasteiger partial charge is 0.0533 e. The smallest absolute Gasteiger partial charge is 0.0176 e. The number of hydrogen-bond acceptors (Lipinski definition) is 0. The summed E-state index contributed by atoms with van der Waals surface area (Å²) in [4.78, 5) is 0. The van der Waals surface area contributed by atoms with Crippen molar-refractivity contribution in [2.75, 3.05) is 0 Å². The predicted molar refractivity (Wildman–Crippen MR) is 64.6 cm³/mol. The summed E-state index contributed by atoms with van der Waals surface area (Å²) in [6.45, 7) is 0. The van der Waals surface area contributed by atoms with Gasteiger partial charge < -0.3 is 0 Å². The van der Waals surface area contributed by atoms with Crippen molar-refractivity contribution in [2.24, 2.45) is 11.3 Å². The Bertz CT molecular complexity index is 202. The molecule has 0 bridgehead atoms. The average Bonchev–Trinajstić information content (AvgIpc) is 2.67. The molecule has 0 heteroatoms. The SMILES string of the molecule is C1CC[C](C2(C3CCC3)CCCC2)CC1. The monoisotopic (exact) mass is 205 g/mol. The molecule has 0 unspecified atom stereocenters. The maximum atomic E-state index is 2.02. The molecule has 0 N–H and O–H groups in total. The Balaban J connectivity index is 1.75. The first-order chi connectivity index (χ1) is 7.42. The molecular weight excluding hydrogens is 180 g/mol. The summed E-state index contributed by atoms with van der Waals surface area (Å²) in [5.41, 5.74) is 0.776. The van der Waals surface area contributed by atoms with Crippen LogP contribution in [0.1, 0.15) is 77.0 Å². The molecule has 15 heavy (non-hydrogen) atoms. The zero-order chi connectivity index (χ0) is 10.1. The van der Waals surface area contributed by atoms with E-state index in [0.29, 0.717) is 0 Å². The van der Waals surface area contributed by atoms with Gasteiger partial charge in [-0.2, -0.15) is 0 Å². The molecular formula is C15H25. The van der Waals surface area contributed by atoms with E-state index in [-0.39, 0.29) is 0 Å². The van der Waals surface area contributed by atoms with E-state index in [9.17, 15) is 0 Å². The summed E-state index contributed by atoms with van der Waals surface area (Å²) < 4.78 is 0. The van der Waals surface area contributed by atoms with Gasteiger partial charge in [-0.25, -0.2) is 0 Å². The van der Waals surface area contributed by atoms with Gasteiger partial charge in [0.15, 0.2) is 0 Å². The van der Waals surface area contributed by atoms with Crippen LogP contribution < -0.4 is 0 Å². The number of rotatable bonds is 2. The highest BCUT2D eigenvalue weighted by molar-refractivity contribution is 5.14. The molecule has 0 aromatic rings. The van der Waals surface area contributed by atoms with Gasteiger partial charge in [0.25, 0.3) is 0 Å². The Morgan fingerprint density at radius 3 is 1.93 bits per heavy atom. The number of hydrogen-bond donors (Lipinski definition) is 0. The lowest BCUT2D eigenvalue weighted by Crippen LogP contribution is -2.39. The fourth-order valence-corrected chi connectivity index (χ4v) is 4.49. The maximum Gasteiger partial charge on any atom is -0.0176 e. The second kappa shape index (κ2) is 4.11. The van der Waals surface area contributed by atoms with Crippen molar-refractivity contribution in [1.82, 2.24) is 0 Å². The van der Waals surface area contributed by atoms with Crippen molar-refractivity contribution in [3.05, 3.63) is 5.92 Å². The van der Waals surface area contributed by atoms with Crippen LogP contribution in [0.4, 0.5) is 0 Å². The van der Waals surface area contributed by atoms with Crippen LogP contribution >= 0.6 is 0 Å². The molecule has 3 rings (SSSR count). The van der Waals surface area contributed by atoms with Gasteiger partial charge in [-0.15, -0.1) is 0 Å². The van der Waals surface area contributed by atoms with Crippen LogP contribution in [-0.2, 0) is 0 Å². The van der Waals surface area contributed by atoms with Crippen molar-refractivity contribution in [2.45, 2.75) is 77.0 Å². The highest BCUT2D eigenvalue weighted by Crippen LogP contribution is 2.60. The van der Waals surface area contributed by atoms with Crippen LogP contribution in [0.3, 0.4) is 0 Å². The zero-order valence-corrected chi connectivity index (χ0v) is 10.1. The Kier molecular flexibility index (Phi) is 2.79. The minimum atomic E-state index is 0.776. The molecule has 0 atom stereocenters. The van der Waals surface area contributed by atoms with E-state index >= 15 is 0 Å². The van der Waals surface area contributed by atoms with Gasteiger partial charge in [0, 0.05) is 0 Å². The molecule has 0 aromatic heterocycles. The second-order valence-corrected chi connectivity index (χ2v) is 6.16. The lowest BCUT2D eigenvalue weighted by atomic mass is 9.56. The molecule has 1 radical (unpaired) electrons. The van der Waals surface area contributed by atoms with E-state index in [1.165, 1.54) is 51.4 Å². The van der Waals surface area contributed by atoms with Crippen molar-refractivity contribution in [3.8, 4) is 0 Å². The molecule has 0 aromatic carbocycles. The standard InChI is InChI=1S/C15H25/c1-2-7-13(8-3-1)15(11-4-5-12-15)14-9-6-10-14/h14H,1-12H2. The quantitative estimate of drug-likeness (QED) is 0.602.